The van der Waals surface area contributed by atoms with Gasteiger partial charge in [0.1, 0.15) is 9.76 Å². The Morgan fingerprint density at radius 1 is 1.44 bits per heavy atom. The molecule has 0 atom stereocenters. The van der Waals surface area contributed by atoms with Crippen molar-refractivity contribution in [2.75, 3.05) is 7.11 Å². The Morgan fingerprint density at radius 2 is 2.00 bits per heavy atom. The summed E-state index contributed by atoms with van der Waals surface area (Å²) < 4.78 is 17.6. The molecule has 0 aromatic carbocycles. The van der Waals surface area contributed by atoms with Gasteiger partial charge in [0.2, 0.25) is 0 Å². The topological polar surface area (TPSA) is 79.7 Å². The number of nitrogens with zero attached hydrogens (tertiary/aromatic N) is 1. The lowest BCUT2D eigenvalue weighted by Gasteiger charge is -2.33. The van der Waals surface area contributed by atoms with Crippen molar-refractivity contribution in [1.82, 2.24) is 4.98 Å². The summed E-state index contributed by atoms with van der Waals surface area (Å²) in [5, 5.41) is -1.23. The fourth-order valence-corrected chi connectivity index (χ4v) is 3.99. The smallest absolute Gasteiger partial charge is 0.336 e. The maximum Gasteiger partial charge on any atom is 0.336 e. The van der Waals surface area contributed by atoms with E-state index in [4.69, 9.17) is 4.74 Å². The van der Waals surface area contributed by atoms with Crippen LogP contribution in [-0.2, 0) is 9.72 Å². The van der Waals surface area contributed by atoms with Gasteiger partial charge in [-0.3, -0.25) is 4.57 Å². The molecule has 0 saturated carbocycles. The zero-order valence-corrected chi connectivity index (χ0v) is 13.0. The zero-order chi connectivity index (χ0) is 14.0. The van der Waals surface area contributed by atoms with Crippen molar-refractivity contribution in [3.63, 3.8) is 0 Å². The van der Waals surface area contributed by atoms with Crippen LogP contribution in [0.15, 0.2) is 16.9 Å². The highest BCUT2D eigenvalue weighted by Crippen LogP contribution is 2.62. The molecule has 2 N–H and O–H groups in total. The molecule has 1 heterocycles. The Kier molecular flexibility index (Phi) is 4.95. The van der Waals surface area contributed by atoms with E-state index in [1.807, 2.05) is 0 Å². The first-order valence-electron chi connectivity index (χ1n) is 5.58. The molecule has 0 spiro atoms. The van der Waals surface area contributed by atoms with Gasteiger partial charge < -0.3 is 14.5 Å². The number of aromatic nitrogens is 1. The lowest BCUT2D eigenvalue weighted by atomic mass is 9.93. The molecule has 0 aliphatic rings. The lowest BCUT2D eigenvalue weighted by molar-refractivity contribution is 0.308. The molecular weight excluding hydrogens is 321 g/mol. The molecule has 0 unspecified atom stereocenters. The van der Waals surface area contributed by atoms with Crippen LogP contribution in [-0.4, -0.2) is 21.9 Å². The Hall–Kier alpha value is -0.420. The van der Waals surface area contributed by atoms with Crippen LogP contribution < -0.4 is 4.74 Å². The quantitative estimate of drug-likeness (QED) is 0.637. The predicted molar refractivity (Wildman–Crippen MR) is 72.8 cm³/mol. The number of hydrogen-bond acceptors (Lipinski definition) is 3. The van der Waals surface area contributed by atoms with E-state index >= 15 is 0 Å². The highest BCUT2D eigenvalue weighted by atomic mass is 79.9. The molecule has 5 nitrogen and oxygen atoms in total. The van der Waals surface area contributed by atoms with Crippen LogP contribution in [0.4, 0.5) is 0 Å². The molecule has 0 aliphatic carbocycles. The molecule has 0 amide bonds. The van der Waals surface area contributed by atoms with Gasteiger partial charge in [-0.15, -0.1) is 0 Å². The Labute approximate surface area is 115 Å². The largest absolute Gasteiger partial charge is 0.494 e. The van der Waals surface area contributed by atoms with Gasteiger partial charge in [0, 0.05) is 11.8 Å². The minimum atomic E-state index is -4.32. The summed E-state index contributed by atoms with van der Waals surface area (Å²) in [4.78, 5) is 23.4. The minimum Gasteiger partial charge on any atom is -0.494 e. The molecule has 18 heavy (non-hydrogen) atoms. The van der Waals surface area contributed by atoms with Crippen LogP contribution in [0.1, 0.15) is 32.3 Å². The second-order valence-electron chi connectivity index (χ2n) is 3.97. The first kappa shape index (κ1) is 15.6. The van der Waals surface area contributed by atoms with Gasteiger partial charge in [-0.1, -0.05) is 13.8 Å². The number of pyridine rings is 1. The molecule has 0 aliphatic heterocycles. The van der Waals surface area contributed by atoms with Crippen molar-refractivity contribution >= 4 is 23.5 Å². The maximum atomic E-state index is 11.9. The summed E-state index contributed by atoms with van der Waals surface area (Å²) >= 11 is 3.24. The second-order valence-corrected chi connectivity index (χ2v) is 6.66. The van der Waals surface area contributed by atoms with Gasteiger partial charge >= 0.3 is 7.60 Å². The van der Waals surface area contributed by atoms with E-state index in [9.17, 15) is 14.4 Å². The van der Waals surface area contributed by atoms with E-state index in [0.29, 0.717) is 28.8 Å². The molecule has 1 rings (SSSR count). The molecule has 1 aromatic rings. The standard InChI is InChI=1S/C11H17BrNO4P/c1-4-11(5-2,18(14,15)16)8-6-7-13-10(12)9(8)17-3/h6-7H,4-5H2,1-3H3,(H2,14,15,16). The van der Waals surface area contributed by atoms with Crippen molar-refractivity contribution in [3.05, 3.63) is 22.4 Å². The molecule has 0 fully saturated rings. The van der Waals surface area contributed by atoms with Gasteiger partial charge in [-0.05, 0) is 34.8 Å². The van der Waals surface area contributed by atoms with Crippen LogP contribution in [0.2, 0.25) is 0 Å². The summed E-state index contributed by atoms with van der Waals surface area (Å²) in [6.07, 6.45) is 2.15. The maximum absolute atomic E-state index is 11.9. The number of methoxy groups -OCH3 is 1. The molecule has 0 saturated heterocycles. The van der Waals surface area contributed by atoms with Crippen LogP contribution in [0.3, 0.4) is 0 Å². The van der Waals surface area contributed by atoms with E-state index in [-0.39, 0.29) is 0 Å². The SMILES string of the molecule is CCC(CC)(c1ccnc(Br)c1OC)P(=O)(O)O. The van der Waals surface area contributed by atoms with Crippen LogP contribution in [0.25, 0.3) is 0 Å². The van der Waals surface area contributed by atoms with Gasteiger partial charge in [-0.25, -0.2) is 4.98 Å². The third kappa shape index (κ3) is 2.48. The fourth-order valence-electron chi connectivity index (χ4n) is 2.18. The van der Waals surface area contributed by atoms with Crippen LogP contribution in [0, 0.1) is 0 Å². The van der Waals surface area contributed by atoms with E-state index in [1.54, 1.807) is 19.9 Å². The third-order valence-electron chi connectivity index (χ3n) is 3.29. The number of rotatable bonds is 5. The molecule has 1 aromatic heterocycles. The molecule has 7 heteroatoms. The first-order valence-corrected chi connectivity index (χ1v) is 7.99. The van der Waals surface area contributed by atoms with Crippen molar-refractivity contribution in [3.8, 4) is 5.75 Å². The Balaban J connectivity index is 3.59. The fraction of sp³-hybridized carbons (Fsp3) is 0.545. The monoisotopic (exact) mass is 337 g/mol. The van der Waals surface area contributed by atoms with Gasteiger partial charge in [0.15, 0.2) is 5.75 Å². The van der Waals surface area contributed by atoms with E-state index in [0.717, 1.165) is 0 Å². The third-order valence-corrected chi connectivity index (χ3v) is 5.85. The molecule has 102 valence electrons. The molecule has 0 bridgehead atoms. The lowest BCUT2D eigenvalue weighted by Crippen LogP contribution is -2.25. The molecular formula is C11H17BrNO4P. The molecule has 0 radical (unpaired) electrons. The van der Waals surface area contributed by atoms with Gasteiger partial charge in [0.25, 0.3) is 0 Å². The van der Waals surface area contributed by atoms with Crippen LogP contribution in [0.5, 0.6) is 5.75 Å². The van der Waals surface area contributed by atoms with E-state index in [1.165, 1.54) is 13.3 Å². The number of ether oxygens (including phenoxy) is 1. The summed E-state index contributed by atoms with van der Waals surface area (Å²) in [7, 11) is -2.86. The van der Waals surface area contributed by atoms with Crippen molar-refractivity contribution in [2.45, 2.75) is 31.8 Å². The number of hydrogen-bond donors (Lipinski definition) is 2. The average Bonchev–Trinajstić information content (AvgIpc) is 2.29. The Bertz CT molecular complexity index is 470. The van der Waals surface area contributed by atoms with Gasteiger partial charge in [-0.2, -0.15) is 0 Å². The Morgan fingerprint density at radius 3 is 2.39 bits per heavy atom. The highest BCUT2D eigenvalue weighted by molar-refractivity contribution is 9.10. The van der Waals surface area contributed by atoms with Crippen LogP contribution >= 0.6 is 23.5 Å². The van der Waals surface area contributed by atoms with Crippen molar-refractivity contribution < 1.29 is 19.1 Å². The van der Waals surface area contributed by atoms with E-state index in [2.05, 4.69) is 20.9 Å². The summed E-state index contributed by atoms with van der Waals surface area (Å²) in [5.74, 6) is 0.379. The zero-order valence-electron chi connectivity index (χ0n) is 10.6. The van der Waals surface area contributed by atoms with E-state index < -0.39 is 12.8 Å². The summed E-state index contributed by atoms with van der Waals surface area (Å²) in [5.41, 5.74) is 0.491. The second kappa shape index (κ2) is 5.70. The highest BCUT2D eigenvalue weighted by Gasteiger charge is 2.47. The summed E-state index contributed by atoms with van der Waals surface area (Å²) in [6.45, 7) is 3.52. The predicted octanol–water partition coefficient (Wildman–Crippen LogP) is 3.05. The minimum absolute atomic E-state index is 0.320. The van der Waals surface area contributed by atoms with Gasteiger partial charge in [0.05, 0.1) is 7.11 Å². The number of halogens is 1. The van der Waals surface area contributed by atoms with Crippen molar-refractivity contribution in [2.24, 2.45) is 0 Å². The first-order chi connectivity index (χ1) is 8.34. The van der Waals surface area contributed by atoms with Crippen molar-refractivity contribution in [1.29, 1.82) is 0 Å². The normalized spacial score (nSPS) is 12.6. The average molecular weight is 338 g/mol. The summed E-state index contributed by atoms with van der Waals surface area (Å²) in [6, 6.07) is 1.61.